The van der Waals surface area contributed by atoms with E-state index < -0.39 is 0 Å². The number of hydrogen-bond acceptors (Lipinski definition) is 6. The standard InChI is InChI=1S/C21H22N6/c1-14-11-20(25-15(2)24-14)27-9-7-17(8-10-27)26-21-16(12-22)13-23-19-6-4-3-5-18(19)21/h3-6,11,13,17H,7-10H2,1-2H3,(H,23,26). The first-order valence-corrected chi connectivity index (χ1v) is 9.25. The molecular weight excluding hydrogens is 336 g/mol. The van der Waals surface area contributed by atoms with Crippen LogP contribution in [0.4, 0.5) is 11.5 Å². The fraction of sp³-hybridized carbons (Fsp3) is 0.333. The summed E-state index contributed by atoms with van der Waals surface area (Å²) in [6.45, 7) is 5.80. The highest BCUT2D eigenvalue weighted by Crippen LogP contribution is 2.28. The Labute approximate surface area is 158 Å². The average molecular weight is 358 g/mol. The second kappa shape index (κ2) is 7.20. The lowest BCUT2D eigenvalue weighted by molar-refractivity contribution is 0.523. The molecular formula is C21H22N6. The number of pyridine rings is 1. The Morgan fingerprint density at radius 2 is 1.93 bits per heavy atom. The molecule has 27 heavy (non-hydrogen) atoms. The molecule has 1 aliphatic rings. The minimum atomic E-state index is 0.322. The van der Waals surface area contributed by atoms with Gasteiger partial charge in [-0.15, -0.1) is 0 Å². The Bertz CT molecular complexity index is 995. The van der Waals surface area contributed by atoms with Gasteiger partial charge in [-0.3, -0.25) is 4.98 Å². The molecule has 0 amide bonds. The summed E-state index contributed by atoms with van der Waals surface area (Å²) in [5, 5.41) is 14.1. The predicted octanol–water partition coefficient (Wildman–Crippen LogP) is 3.59. The van der Waals surface area contributed by atoms with E-state index in [2.05, 4.69) is 31.2 Å². The quantitative estimate of drug-likeness (QED) is 0.771. The zero-order chi connectivity index (χ0) is 18.8. The minimum absolute atomic E-state index is 0.322. The molecule has 0 radical (unpaired) electrons. The zero-order valence-corrected chi connectivity index (χ0v) is 15.6. The van der Waals surface area contributed by atoms with Gasteiger partial charge in [-0.05, 0) is 32.8 Å². The fourth-order valence-electron chi connectivity index (χ4n) is 3.70. The molecule has 1 N–H and O–H groups in total. The molecule has 2 aromatic heterocycles. The van der Waals surface area contributed by atoms with Crippen LogP contribution in [0.3, 0.4) is 0 Å². The van der Waals surface area contributed by atoms with Crippen LogP contribution in [-0.2, 0) is 0 Å². The molecule has 3 aromatic rings. The molecule has 0 spiro atoms. The van der Waals surface area contributed by atoms with E-state index in [1.807, 2.05) is 44.2 Å². The van der Waals surface area contributed by atoms with Gasteiger partial charge in [0.05, 0.1) is 16.8 Å². The summed E-state index contributed by atoms with van der Waals surface area (Å²) < 4.78 is 0. The molecule has 136 valence electrons. The molecule has 1 saturated heterocycles. The number of anilines is 2. The summed E-state index contributed by atoms with van der Waals surface area (Å²) in [4.78, 5) is 15.6. The Morgan fingerprint density at radius 1 is 1.15 bits per heavy atom. The van der Waals surface area contributed by atoms with Gasteiger partial charge in [0.15, 0.2) is 0 Å². The third kappa shape index (κ3) is 3.54. The number of nitrogens with one attached hydrogen (secondary N) is 1. The van der Waals surface area contributed by atoms with Gasteiger partial charge in [-0.25, -0.2) is 9.97 Å². The molecule has 0 aliphatic carbocycles. The largest absolute Gasteiger partial charge is 0.381 e. The van der Waals surface area contributed by atoms with Crippen molar-refractivity contribution in [3.8, 4) is 6.07 Å². The molecule has 4 rings (SSSR count). The summed E-state index contributed by atoms with van der Waals surface area (Å²) >= 11 is 0. The summed E-state index contributed by atoms with van der Waals surface area (Å²) in [5.74, 6) is 1.82. The van der Waals surface area contributed by atoms with Crippen molar-refractivity contribution in [1.29, 1.82) is 5.26 Å². The van der Waals surface area contributed by atoms with Crippen molar-refractivity contribution in [1.82, 2.24) is 15.0 Å². The Morgan fingerprint density at radius 3 is 2.67 bits per heavy atom. The van der Waals surface area contributed by atoms with E-state index in [1.165, 1.54) is 0 Å². The van der Waals surface area contributed by atoms with E-state index in [0.717, 1.165) is 59.9 Å². The monoisotopic (exact) mass is 358 g/mol. The second-order valence-electron chi connectivity index (χ2n) is 7.00. The van der Waals surface area contributed by atoms with Crippen molar-refractivity contribution in [2.24, 2.45) is 0 Å². The summed E-state index contributed by atoms with van der Waals surface area (Å²) in [7, 11) is 0. The number of nitriles is 1. The van der Waals surface area contributed by atoms with Gasteiger partial charge in [0.2, 0.25) is 0 Å². The number of piperidine rings is 1. The molecule has 1 aliphatic heterocycles. The van der Waals surface area contributed by atoms with Crippen LogP contribution in [0.1, 0.15) is 29.9 Å². The van der Waals surface area contributed by atoms with Crippen molar-refractivity contribution in [2.45, 2.75) is 32.7 Å². The third-order valence-electron chi connectivity index (χ3n) is 5.02. The van der Waals surface area contributed by atoms with Crippen LogP contribution < -0.4 is 10.2 Å². The lowest BCUT2D eigenvalue weighted by Crippen LogP contribution is -2.39. The molecule has 0 atom stereocenters. The first kappa shape index (κ1) is 17.2. The number of aryl methyl sites for hydroxylation is 2. The molecule has 0 bridgehead atoms. The highest BCUT2D eigenvalue weighted by Gasteiger charge is 2.22. The number of hydrogen-bond donors (Lipinski definition) is 1. The van der Waals surface area contributed by atoms with Crippen molar-refractivity contribution in [3.05, 3.63) is 53.6 Å². The summed E-state index contributed by atoms with van der Waals surface area (Å²) in [6, 6.07) is 12.6. The Balaban J connectivity index is 1.51. The smallest absolute Gasteiger partial charge is 0.132 e. The van der Waals surface area contributed by atoms with Crippen LogP contribution in [-0.4, -0.2) is 34.1 Å². The molecule has 3 heterocycles. The summed E-state index contributed by atoms with van der Waals surface area (Å²) in [6.07, 6.45) is 3.64. The number of rotatable bonds is 3. The maximum Gasteiger partial charge on any atom is 0.132 e. The van der Waals surface area contributed by atoms with Crippen molar-refractivity contribution < 1.29 is 0 Å². The fourth-order valence-corrected chi connectivity index (χ4v) is 3.70. The van der Waals surface area contributed by atoms with Crippen LogP contribution in [0.5, 0.6) is 0 Å². The van der Waals surface area contributed by atoms with E-state index >= 15 is 0 Å². The Hall–Kier alpha value is -3.20. The topological polar surface area (TPSA) is 77.7 Å². The third-order valence-corrected chi connectivity index (χ3v) is 5.02. The SMILES string of the molecule is Cc1cc(N2CCC(Nc3c(C#N)cnc4ccccc34)CC2)nc(C)n1. The molecule has 1 aromatic carbocycles. The van der Waals surface area contributed by atoms with Gasteiger partial charge in [0.1, 0.15) is 17.7 Å². The van der Waals surface area contributed by atoms with Gasteiger partial charge in [-0.1, -0.05) is 18.2 Å². The van der Waals surface area contributed by atoms with Crippen LogP contribution in [0.15, 0.2) is 36.5 Å². The average Bonchev–Trinajstić information content (AvgIpc) is 2.68. The molecule has 0 saturated carbocycles. The van der Waals surface area contributed by atoms with Gasteiger partial charge < -0.3 is 10.2 Å². The highest BCUT2D eigenvalue weighted by molar-refractivity contribution is 5.93. The summed E-state index contributed by atoms with van der Waals surface area (Å²) in [5.41, 5.74) is 3.40. The Kier molecular flexibility index (Phi) is 4.59. The minimum Gasteiger partial charge on any atom is -0.381 e. The molecule has 6 heteroatoms. The lowest BCUT2D eigenvalue weighted by Gasteiger charge is -2.34. The van der Waals surface area contributed by atoms with Gasteiger partial charge >= 0.3 is 0 Å². The molecule has 1 fully saturated rings. The second-order valence-corrected chi connectivity index (χ2v) is 7.00. The van der Waals surface area contributed by atoms with Crippen molar-refractivity contribution >= 4 is 22.4 Å². The first-order valence-electron chi connectivity index (χ1n) is 9.25. The van der Waals surface area contributed by atoms with Gasteiger partial charge in [-0.2, -0.15) is 5.26 Å². The number of benzene rings is 1. The number of para-hydroxylation sites is 1. The van der Waals surface area contributed by atoms with E-state index in [1.54, 1.807) is 6.20 Å². The van der Waals surface area contributed by atoms with Crippen molar-refractivity contribution in [3.63, 3.8) is 0 Å². The van der Waals surface area contributed by atoms with E-state index in [9.17, 15) is 5.26 Å². The van der Waals surface area contributed by atoms with Gasteiger partial charge in [0, 0.05) is 42.5 Å². The maximum atomic E-state index is 9.50. The van der Waals surface area contributed by atoms with Gasteiger partial charge in [0.25, 0.3) is 0 Å². The predicted molar refractivity (Wildman–Crippen MR) is 107 cm³/mol. The highest BCUT2D eigenvalue weighted by atomic mass is 15.2. The first-order chi connectivity index (χ1) is 13.1. The maximum absolute atomic E-state index is 9.50. The molecule has 6 nitrogen and oxygen atoms in total. The van der Waals surface area contributed by atoms with Crippen LogP contribution in [0.25, 0.3) is 10.9 Å². The van der Waals surface area contributed by atoms with Crippen LogP contribution in [0, 0.1) is 25.2 Å². The van der Waals surface area contributed by atoms with E-state index in [-0.39, 0.29) is 0 Å². The zero-order valence-electron chi connectivity index (χ0n) is 15.6. The van der Waals surface area contributed by atoms with Crippen molar-refractivity contribution in [2.75, 3.05) is 23.3 Å². The van der Waals surface area contributed by atoms with Crippen LogP contribution >= 0.6 is 0 Å². The molecule has 0 unspecified atom stereocenters. The normalized spacial score (nSPS) is 14.9. The van der Waals surface area contributed by atoms with E-state index in [4.69, 9.17) is 0 Å². The number of fused-ring (bicyclic) bond motifs is 1. The lowest BCUT2D eigenvalue weighted by atomic mass is 10.0. The van der Waals surface area contributed by atoms with Crippen LogP contribution in [0.2, 0.25) is 0 Å². The number of nitrogens with zero attached hydrogens (tertiary/aromatic N) is 5. The van der Waals surface area contributed by atoms with E-state index in [0.29, 0.717) is 11.6 Å². The number of aromatic nitrogens is 3.